The van der Waals surface area contributed by atoms with Gasteiger partial charge in [0.15, 0.2) is 5.69 Å². The number of hydrogen-bond donors (Lipinski definition) is 2. The molecule has 0 aliphatic carbocycles. The maximum atomic E-state index is 12.6. The van der Waals surface area contributed by atoms with Crippen LogP contribution in [0, 0.1) is 17.0 Å². The van der Waals surface area contributed by atoms with Gasteiger partial charge in [0.05, 0.1) is 16.3 Å². The molecule has 154 valence electrons. The van der Waals surface area contributed by atoms with Crippen molar-refractivity contribution in [2.45, 2.75) is 26.4 Å². The SMILES string of the molecule is Cc1c(C(=O)NC(C)C(=O)NCc2ccccc2)nnn1-c1cccc([N+](=O)[O-])c1. The molecule has 10 heteroatoms. The number of benzene rings is 2. The molecule has 2 amide bonds. The van der Waals surface area contributed by atoms with Gasteiger partial charge in [-0.05, 0) is 25.5 Å². The van der Waals surface area contributed by atoms with E-state index in [1.165, 1.54) is 22.9 Å². The molecular weight excluding hydrogens is 388 g/mol. The first-order chi connectivity index (χ1) is 14.4. The van der Waals surface area contributed by atoms with Crippen LogP contribution in [0.4, 0.5) is 5.69 Å². The molecule has 0 aliphatic heterocycles. The summed E-state index contributed by atoms with van der Waals surface area (Å²) in [4.78, 5) is 35.3. The highest BCUT2D eigenvalue weighted by molar-refractivity contribution is 5.96. The largest absolute Gasteiger partial charge is 0.350 e. The third kappa shape index (κ3) is 4.66. The molecule has 2 N–H and O–H groups in total. The van der Waals surface area contributed by atoms with Crippen LogP contribution < -0.4 is 10.6 Å². The Morgan fingerprint density at radius 2 is 1.90 bits per heavy atom. The van der Waals surface area contributed by atoms with Crippen molar-refractivity contribution in [1.82, 2.24) is 25.6 Å². The van der Waals surface area contributed by atoms with Gasteiger partial charge >= 0.3 is 0 Å². The number of amides is 2. The van der Waals surface area contributed by atoms with E-state index in [9.17, 15) is 19.7 Å². The number of nitro benzene ring substituents is 1. The number of non-ortho nitro benzene ring substituents is 1. The Morgan fingerprint density at radius 1 is 1.17 bits per heavy atom. The minimum atomic E-state index is -0.788. The molecule has 2 aromatic carbocycles. The predicted octanol–water partition coefficient (Wildman–Crippen LogP) is 1.92. The van der Waals surface area contributed by atoms with E-state index in [0.717, 1.165) is 5.56 Å². The fourth-order valence-corrected chi connectivity index (χ4v) is 2.79. The van der Waals surface area contributed by atoms with Crippen LogP contribution in [-0.4, -0.2) is 37.8 Å². The molecule has 0 saturated carbocycles. The zero-order valence-electron chi connectivity index (χ0n) is 16.4. The average Bonchev–Trinajstić information content (AvgIpc) is 3.14. The molecule has 3 rings (SSSR count). The van der Waals surface area contributed by atoms with Crippen molar-refractivity contribution in [1.29, 1.82) is 0 Å². The first-order valence-electron chi connectivity index (χ1n) is 9.16. The van der Waals surface area contributed by atoms with Gasteiger partial charge in [-0.2, -0.15) is 0 Å². The number of nitrogens with one attached hydrogen (secondary N) is 2. The lowest BCUT2D eigenvalue weighted by Crippen LogP contribution is -2.44. The van der Waals surface area contributed by atoms with Crippen LogP contribution in [-0.2, 0) is 11.3 Å². The van der Waals surface area contributed by atoms with Crippen LogP contribution in [0.5, 0.6) is 0 Å². The molecule has 0 saturated heterocycles. The summed E-state index contributed by atoms with van der Waals surface area (Å²) in [5.41, 5.74) is 1.67. The van der Waals surface area contributed by atoms with E-state index in [0.29, 0.717) is 17.9 Å². The summed E-state index contributed by atoms with van der Waals surface area (Å²) in [6, 6.07) is 14.5. The summed E-state index contributed by atoms with van der Waals surface area (Å²) >= 11 is 0. The Morgan fingerprint density at radius 3 is 2.60 bits per heavy atom. The molecule has 0 radical (unpaired) electrons. The number of nitrogens with zero attached hydrogens (tertiary/aromatic N) is 4. The quantitative estimate of drug-likeness (QED) is 0.453. The van der Waals surface area contributed by atoms with Gasteiger partial charge in [-0.25, -0.2) is 4.68 Å². The second-order valence-electron chi connectivity index (χ2n) is 6.61. The molecular formula is C20H20N6O4. The van der Waals surface area contributed by atoms with Crippen LogP contribution in [0.25, 0.3) is 5.69 Å². The normalized spacial score (nSPS) is 11.5. The van der Waals surface area contributed by atoms with E-state index in [1.807, 2.05) is 30.3 Å². The van der Waals surface area contributed by atoms with E-state index in [-0.39, 0.29) is 17.3 Å². The lowest BCUT2D eigenvalue weighted by Gasteiger charge is -2.13. The molecule has 1 aromatic heterocycles. The first-order valence-corrected chi connectivity index (χ1v) is 9.16. The van der Waals surface area contributed by atoms with Crippen LogP contribution in [0.2, 0.25) is 0 Å². The van der Waals surface area contributed by atoms with Crippen LogP contribution in [0.3, 0.4) is 0 Å². The minimum absolute atomic E-state index is 0.0317. The van der Waals surface area contributed by atoms with Crippen molar-refractivity contribution >= 4 is 17.5 Å². The third-order valence-electron chi connectivity index (χ3n) is 4.45. The molecule has 0 spiro atoms. The zero-order valence-corrected chi connectivity index (χ0v) is 16.4. The molecule has 30 heavy (non-hydrogen) atoms. The van der Waals surface area contributed by atoms with E-state index in [4.69, 9.17) is 0 Å². The fraction of sp³-hybridized carbons (Fsp3) is 0.200. The fourth-order valence-electron chi connectivity index (χ4n) is 2.79. The van der Waals surface area contributed by atoms with Crippen molar-refractivity contribution in [3.63, 3.8) is 0 Å². The van der Waals surface area contributed by atoms with Gasteiger partial charge in [0.1, 0.15) is 6.04 Å². The Balaban J connectivity index is 1.66. The number of carbonyl (C=O) groups is 2. The van der Waals surface area contributed by atoms with Crippen molar-refractivity contribution in [2.75, 3.05) is 0 Å². The second kappa shape index (κ2) is 8.95. The second-order valence-corrected chi connectivity index (χ2v) is 6.61. The number of aromatic nitrogens is 3. The molecule has 0 bridgehead atoms. The topological polar surface area (TPSA) is 132 Å². The average molecular weight is 408 g/mol. The van der Waals surface area contributed by atoms with Crippen LogP contribution in [0.15, 0.2) is 54.6 Å². The van der Waals surface area contributed by atoms with E-state index < -0.39 is 16.9 Å². The maximum Gasteiger partial charge on any atom is 0.274 e. The molecule has 0 fully saturated rings. The van der Waals surface area contributed by atoms with Crippen LogP contribution in [0.1, 0.15) is 28.7 Å². The summed E-state index contributed by atoms with van der Waals surface area (Å²) in [6.45, 7) is 3.54. The van der Waals surface area contributed by atoms with Gasteiger partial charge < -0.3 is 10.6 Å². The lowest BCUT2D eigenvalue weighted by atomic mass is 10.2. The summed E-state index contributed by atoms with van der Waals surface area (Å²) in [6.07, 6.45) is 0. The van der Waals surface area contributed by atoms with Gasteiger partial charge in [-0.3, -0.25) is 19.7 Å². The van der Waals surface area contributed by atoms with Crippen molar-refractivity contribution < 1.29 is 14.5 Å². The number of carbonyl (C=O) groups excluding carboxylic acids is 2. The standard InChI is InChI=1S/C20H20N6O4/c1-13(19(27)21-12-15-7-4-3-5-8-15)22-20(28)18-14(2)25(24-23-18)16-9-6-10-17(11-16)26(29)30/h3-11,13H,12H2,1-2H3,(H,21,27)(H,22,28). The summed E-state index contributed by atoms with van der Waals surface area (Å²) in [5.74, 6) is -0.900. The summed E-state index contributed by atoms with van der Waals surface area (Å²) < 4.78 is 1.34. The Kier molecular flexibility index (Phi) is 6.16. The van der Waals surface area contributed by atoms with Gasteiger partial charge in [-0.1, -0.05) is 41.6 Å². The Labute approximate surface area is 172 Å². The molecule has 3 aromatic rings. The Bertz CT molecular complexity index is 1080. The van der Waals surface area contributed by atoms with E-state index in [1.54, 1.807) is 19.9 Å². The van der Waals surface area contributed by atoms with Gasteiger partial charge in [-0.15, -0.1) is 5.10 Å². The van der Waals surface area contributed by atoms with Gasteiger partial charge in [0.2, 0.25) is 5.91 Å². The van der Waals surface area contributed by atoms with Crippen molar-refractivity contribution in [3.05, 3.63) is 81.7 Å². The Hall–Kier alpha value is -4.08. The number of rotatable bonds is 7. The van der Waals surface area contributed by atoms with E-state index in [2.05, 4.69) is 20.9 Å². The maximum absolute atomic E-state index is 12.6. The first kappa shape index (κ1) is 20.6. The summed E-state index contributed by atoms with van der Waals surface area (Å²) in [5, 5.41) is 24.1. The minimum Gasteiger partial charge on any atom is -0.350 e. The number of nitro groups is 1. The highest BCUT2D eigenvalue weighted by atomic mass is 16.6. The molecule has 10 nitrogen and oxygen atoms in total. The third-order valence-corrected chi connectivity index (χ3v) is 4.45. The van der Waals surface area contributed by atoms with Gasteiger partial charge in [0, 0.05) is 18.7 Å². The summed E-state index contributed by atoms with van der Waals surface area (Å²) in [7, 11) is 0. The van der Waals surface area contributed by atoms with Crippen molar-refractivity contribution in [2.24, 2.45) is 0 Å². The molecule has 0 aliphatic rings. The highest BCUT2D eigenvalue weighted by Crippen LogP contribution is 2.18. The molecule has 1 heterocycles. The molecule has 1 unspecified atom stereocenters. The molecule has 1 atom stereocenters. The van der Waals surface area contributed by atoms with E-state index >= 15 is 0 Å². The number of hydrogen-bond acceptors (Lipinski definition) is 6. The monoisotopic (exact) mass is 408 g/mol. The van der Waals surface area contributed by atoms with Gasteiger partial charge in [0.25, 0.3) is 11.6 Å². The van der Waals surface area contributed by atoms with Crippen molar-refractivity contribution in [3.8, 4) is 5.69 Å². The highest BCUT2D eigenvalue weighted by Gasteiger charge is 2.22. The predicted molar refractivity (Wildman–Crippen MR) is 108 cm³/mol. The zero-order chi connectivity index (χ0) is 21.7. The lowest BCUT2D eigenvalue weighted by molar-refractivity contribution is -0.384. The van der Waals surface area contributed by atoms with Crippen LogP contribution >= 0.6 is 0 Å². The smallest absolute Gasteiger partial charge is 0.274 e.